The van der Waals surface area contributed by atoms with Crippen molar-refractivity contribution >= 4 is 35.4 Å². The van der Waals surface area contributed by atoms with E-state index in [2.05, 4.69) is 0 Å². The lowest BCUT2D eigenvalue weighted by molar-refractivity contribution is 0.104. The maximum atomic E-state index is 12.3. The van der Waals surface area contributed by atoms with Gasteiger partial charge in [-0.15, -0.1) is 23.5 Å². The van der Waals surface area contributed by atoms with Gasteiger partial charge in [0.1, 0.15) is 5.75 Å². The predicted octanol–water partition coefficient (Wildman–Crippen LogP) is 5.04. The van der Waals surface area contributed by atoms with Crippen LogP contribution in [0.2, 0.25) is 0 Å². The van der Waals surface area contributed by atoms with E-state index in [0.29, 0.717) is 5.56 Å². The van der Waals surface area contributed by atoms with Crippen molar-refractivity contribution in [3.63, 3.8) is 0 Å². The fraction of sp³-hybridized carbons (Fsp3) is 0.167. The topological polar surface area (TPSA) is 26.3 Å². The highest BCUT2D eigenvalue weighted by atomic mass is 32.2. The molecule has 0 amide bonds. The third kappa shape index (κ3) is 4.18. The normalized spacial score (nSPS) is 10.9. The van der Waals surface area contributed by atoms with Gasteiger partial charge >= 0.3 is 0 Å². The van der Waals surface area contributed by atoms with E-state index in [9.17, 15) is 4.79 Å². The van der Waals surface area contributed by atoms with Crippen LogP contribution in [0.1, 0.15) is 15.9 Å². The lowest BCUT2D eigenvalue weighted by Gasteiger charge is -2.07. The van der Waals surface area contributed by atoms with E-state index in [0.717, 1.165) is 16.2 Å². The van der Waals surface area contributed by atoms with Crippen molar-refractivity contribution in [2.75, 3.05) is 19.6 Å². The summed E-state index contributed by atoms with van der Waals surface area (Å²) < 4.78 is 5.32. The number of benzene rings is 2. The number of hydrogen-bond acceptors (Lipinski definition) is 4. The van der Waals surface area contributed by atoms with Crippen LogP contribution in [0.3, 0.4) is 0 Å². The zero-order valence-corrected chi connectivity index (χ0v) is 14.5. The molecule has 2 aromatic carbocycles. The van der Waals surface area contributed by atoms with Crippen LogP contribution < -0.4 is 4.74 Å². The number of methoxy groups -OCH3 is 1. The quantitative estimate of drug-likeness (QED) is 0.421. The Morgan fingerprint density at radius 3 is 2.36 bits per heavy atom. The minimum atomic E-state index is -0.0279. The number of carbonyl (C=O) groups excluding carboxylic acids is 1. The summed E-state index contributed by atoms with van der Waals surface area (Å²) in [6.07, 6.45) is 7.46. The zero-order valence-electron chi connectivity index (χ0n) is 12.8. The van der Waals surface area contributed by atoms with E-state index >= 15 is 0 Å². The molecule has 0 fully saturated rings. The Morgan fingerprint density at radius 2 is 1.77 bits per heavy atom. The third-order valence-corrected chi connectivity index (χ3v) is 4.73. The third-order valence-electron chi connectivity index (χ3n) is 3.21. The Morgan fingerprint density at radius 1 is 1.05 bits per heavy atom. The maximum absolute atomic E-state index is 12.3. The molecule has 0 unspecified atom stereocenters. The number of allylic oxidation sites excluding steroid dienone is 1. The molecule has 0 N–H and O–H groups in total. The molecule has 0 saturated heterocycles. The van der Waals surface area contributed by atoms with Crippen molar-refractivity contribution in [2.45, 2.75) is 9.79 Å². The molecule has 0 aromatic heterocycles. The first-order valence-corrected chi connectivity index (χ1v) is 9.21. The number of hydrogen-bond donors (Lipinski definition) is 0. The number of ketones is 1. The highest BCUT2D eigenvalue weighted by molar-refractivity contribution is 7.98. The second-order valence-electron chi connectivity index (χ2n) is 4.54. The highest BCUT2D eigenvalue weighted by Crippen LogP contribution is 2.28. The molecule has 114 valence electrons. The molecular weight excluding hydrogens is 312 g/mol. The summed E-state index contributed by atoms with van der Waals surface area (Å²) in [7, 11) is 1.62. The lowest BCUT2D eigenvalue weighted by Crippen LogP contribution is -1.96. The number of rotatable bonds is 6. The van der Waals surface area contributed by atoms with Crippen LogP contribution >= 0.6 is 23.5 Å². The van der Waals surface area contributed by atoms with Crippen LogP contribution in [0.5, 0.6) is 5.75 Å². The number of ether oxygens (including phenoxy) is 1. The summed E-state index contributed by atoms with van der Waals surface area (Å²) in [6.45, 7) is 0. The minimum absolute atomic E-state index is 0.0279. The van der Waals surface area contributed by atoms with Gasteiger partial charge < -0.3 is 4.74 Å². The van der Waals surface area contributed by atoms with E-state index in [1.807, 2.05) is 55.0 Å². The van der Waals surface area contributed by atoms with E-state index in [4.69, 9.17) is 4.74 Å². The second kappa shape index (κ2) is 8.11. The van der Waals surface area contributed by atoms with Crippen molar-refractivity contribution in [1.82, 2.24) is 0 Å². The van der Waals surface area contributed by atoms with Gasteiger partial charge in [0.05, 0.1) is 7.11 Å². The van der Waals surface area contributed by atoms with Crippen LogP contribution in [0.25, 0.3) is 6.08 Å². The molecular formula is C18H18O2S2. The molecule has 0 spiro atoms. The zero-order chi connectivity index (χ0) is 15.9. The van der Waals surface area contributed by atoms with Gasteiger partial charge in [-0.2, -0.15) is 0 Å². The SMILES string of the molecule is COc1cc(C(=O)/C=C/c2ccc(SC)cc2)ccc1SC. The molecule has 0 heterocycles. The average molecular weight is 330 g/mol. The fourth-order valence-electron chi connectivity index (χ4n) is 1.97. The van der Waals surface area contributed by atoms with Gasteiger partial charge in [-0.25, -0.2) is 0 Å². The Labute approximate surface area is 140 Å². The maximum Gasteiger partial charge on any atom is 0.185 e. The first-order chi connectivity index (χ1) is 10.7. The van der Waals surface area contributed by atoms with Crippen molar-refractivity contribution in [2.24, 2.45) is 0 Å². The van der Waals surface area contributed by atoms with Gasteiger partial charge in [0.25, 0.3) is 0 Å². The first kappa shape index (κ1) is 16.7. The summed E-state index contributed by atoms with van der Waals surface area (Å²) in [5.41, 5.74) is 1.64. The predicted molar refractivity (Wildman–Crippen MR) is 96.4 cm³/mol. The molecule has 22 heavy (non-hydrogen) atoms. The van der Waals surface area contributed by atoms with Crippen LogP contribution in [-0.2, 0) is 0 Å². The molecule has 0 aliphatic carbocycles. The van der Waals surface area contributed by atoms with Gasteiger partial charge in [-0.3, -0.25) is 4.79 Å². The van der Waals surface area contributed by atoms with Crippen LogP contribution in [0.4, 0.5) is 0 Å². The molecule has 2 aromatic rings. The molecule has 2 rings (SSSR count). The molecule has 0 aliphatic rings. The highest BCUT2D eigenvalue weighted by Gasteiger charge is 2.07. The second-order valence-corrected chi connectivity index (χ2v) is 6.27. The van der Waals surface area contributed by atoms with Crippen molar-refractivity contribution < 1.29 is 9.53 Å². The lowest BCUT2D eigenvalue weighted by atomic mass is 10.1. The van der Waals surface area contributed by atoms with Crippen LogP contribution in [-0.4, -0.2) is 25.4 Å². The van der Waals surface area contributed by atoms with E-state index in [1.165, 1.54) is 4.90 Å². The van der Waals surface area contributed by atoms with Crippen molar-refractivity contribution in [1.29, 1.82) is 0 Å². The summed E-state index contributed by atoms with van der Waals surface area (Å²) >= 11 is 3.30. The van der Waals surface area contributed by atoms with Crippen LogP contribution in [0, 0.1) is 0 Å². The standard InChI is InChI=1S/C18H18O2S2/c1-20-17-12-14(7-11-18(17)22-3)16(19)10-6-13-4-8-15(21-2)9-5-13/h4-12H,1-3H3/b10-6+. The van der Waals surface area contributed by atoms with E-state index in [1.54, 1.807) is 42.8 Å². The van der Waals surface area contributed by atoms with Crippen LogP contribution in [0.15, 0.2) is 58.3 Å². The number of thioether (sulfide) groups is 2. The minimum Gasteiger partial charge on any atom is -0.496 e. The molecule has 4 heteroatoms. The summed E-state index contributed by atoms with van der Waals surface area (Å²) in [5, 5.41) is 0. The van der Waals surface area contributed by atoms with Crippen molar-refractivity contribution in [3.05, 3.63) is 59.7 Å². The van der Waals surface area contributed by atoms with Crippen molar-refractivity contribution in [3.8, 4) is 5.75 Å². The van der Waals surface area contributed by atoms with Gasteiger partial charge in [0.15, 0.2) is 5.78 Å². The molecule has 0 atom stereocenters. The molecule has 2 nitrogen and oxygen atoms in total. The summed E-state index contributed by atoms with van der Waals surface area (Å²) in [5.74, 6) is 0.705. The van der Waals surface area contributed by atoms with E-state index < -0.39 is 0 Å². The Balaban J connectivity index is 2.15. The van der Waals surface area contributed by atoms with Gasteiger partial charge in [0.2, 0.25) is 0 Å². The smallest absolute Gasteiger partial charge is 0.185 e. The van der Waals surface area contributed by atoms with Gasteiger partial charge in [-0.05, 0) is 54.5 Å². The van der Waals surface area contributed by atoms with Gasteiger partial charge in [-0.1, -0.05) is 18.2 Å². The Bertz CT molecular complexity index is 676. The average Bonchev–Trinajstić information content (AvgIpc) is 2.59. The monoisotopic (exact) mass is 330 g/mol. The fourth-order valence-corrected chi connectivity index (χ4v) is 2.93. The van der Waals surface area contributed by atoms with E-state index in [-0.39, 0.29) is 5.78 Å². The first-order valence-electron chi connectivity index (χ1n) is 6.76. The molecule has 0 saturated carbocycles. The summed E-state index contributed by atoms with van der Waals surface area (Å²) in [6, 6.07) is 13.6. The Hall–Kier alpha value is -1.65. The summed E-state index contributed by atoms with van der Waals surface area (Å²) in [4.78, 5) is 14.5. The Kier molecular flexibility index (Phi) is 6.16. The number of carbonyl (C=O) groups is 1. The molecule has 0 aliphatic heterocycles. The molecule has 0 radical (unpaired) electrons. The molecule has 0 bridgehead atoms. The van der Waals surface area contributed by atoms with Gasteiger partial charge in [0, 0.05) is 15.4 Å². The largest absolute Gasteiger partial charge is 0.496 e.